The fourth-order valence-corrected chi connectivity index (χ4v) is 5.42. The molecule has 1 fully saturated rings. The molecule has 9 nitrogen and oxygen atoms in total. The number of benzene rings is 1. The molecule has 2 heterocycles. The number of nitrogens with one attached hydrogen (secondary N) is 1. The molecule has 0 saturated heterocycles. The number of thiazole rings is 1. The maximum absolute atomic E-state index is 13.8. The number of carbonyl (C=O) groups excluding carboxylic acids is 2. The number of sulfone groups is 1. The topological polar surface area (TPSA) is 125 Å². The van der Waals surface area contributed by atoms with Crippen molar-refractivity contribution in [1.82, 2.24) is 9.97 Å². The Bertz CT molecular complexity index is 1460. The van der Waals surface area contributed by atoms with Gasteiger partial charge in [0.25, 0.3) is 5.91 Å². The molecule has 3 aromatic rings. The maximum atomic E-state index is 13.8. The molecule has 1 aliphatic rings. The van der Waals surface area contributed by atoms with Crippen LogP contribution in [-0.2, 0) is 24.2 Å². The van der Waals surface area contributed by atoms with Crippen molar-refractivity contribution in [3.63, 3.8) is 0 Å². The summed E-state index contributed by atoms with van der Waals surface area (Å²) in [5.74, 6) is -1.43. The molecular formula is C25H25F2N3O6S2. The predicted molar refractivity (Wildman–Crippen MR) is 138 cm³/mol. The molecule has 0 aliphatic heterocycles. The van der Waals surface area contributed by atoms with Crippen LogP contribution in [0.25, 0.3) is 15.9 Å². The van der Waals surface area contributed by atoms with Crippen molar-refractivity contribution in [2.45, 2.75) is 37.0 Å². The van der Waals surface area contributed by atoms with E-state index in [1.165, 1.54) is 36.4 Å². The molecule has 202 valence electrons. The average molecular weight is 566 g/mol. The van der Waals surface area contributed by atoms with Crippen LogP contribution >= 0.6 is 11.3 Å². The third-order valence-corrected chi connectivity index (χ3v) is 7.79. The number of fused-ring (bicyclic) bond motifs is 1. The second kappa shape index (κ2) is 11.5. The lowest BCUT2D eigenvalue weighted by Crippen LogP contribution is -2.14. The quantitative estimate of drug-likeness (QED) is 0.303. The van der Waals surface area contributed by atoms with Gasteiger partial charge in [-0.1, -0.05) is 29.5 Å². The van der Waals surface area contributed by atoms with E-state index < -0.39 is 40.0 Å². The fraction of sp³-hybridized carbons (Fsp3) is 0.360. The Balaban J connectivity index is 1.57. The molecule has 0 radical (unpaired) electrons. The number of halogens is 2. The summed E-state index contributed by atoms with van der Waals surface area (Å²) in [6, 6.07) is 8.85. The maximum Gasteiger partial charge on any atom is 0.344 e. The number of aromatic nitrogens is 2. The van der Waals surface area contributed by atoms with Gasteiger partial charge in [-0.3, -0.25) is 10.1 Å². The van der Waals surface area contributed by atoms with Gasteiger partial charge in [0.15, 0.2) is 21.6 Å². The fourth-order valence-electron chi connectivity index (χ4n) is 3.96. The van der Waals surface area contributed by atoms with Gasteiger partial charge in [-0.25, -0.2) is 32.0 Å². The number of allylic oxidation sites excluding steroid dienone is 1. The van der Waals surface area contributed by atoms with Crippen molar-refractivity contribution in [3.05, 3.63) is 48.0 Å². The minimum absolute atomic E-state index is 0.0565. The first-order valence-electron chi connectivity index (χ1n) is 11.7. The standard InChI is InChI=1S/C25H25F2N3O6S2/c1-3-35-22(31)13-36-21-9-8-20-24(29-21)37-25(28-20)30-23(32)17(10-14-11-18(26)19(27)12-14)15-4-6-16(7-5-15)38(2,33)34/h4-10,14,18-19H,3,11-13H2,1-2H3,(H,28,30,32)/b17-10+/t14?,18-,19+. The van der Waals surface area contributed by atoms with Crippen LogP contribution in [0.5, 0.6) is 5.88 Å². The van der Waals surface area contributed by atoms with Crippen molar-refractivity contribution in [3.8, 4) is 5.88 Å². The van der Waals surface area contributed by atoms with Gasteiger partial charge >= 0.3 is 5.97 Å². The molecule has 0 spiro atoms. The molecule has 4 rings (SSSR count). The average Bonchev–Trinajstić information content (AvgIpc) is 3.41. The molecular weight excluding hydrogens is 540 g/mol. The van der Waals surface area contributed by atoms with Crippen molar-refractivity contribution in [2.24, 2.45) is 5.92 Å². The second-order valence-corrected chi connectivity index (χ2v) is 11.7. The Hall–Kier alpha value is -3.45. The minimum Gasteiger partial charge on any atom is -0.466 e. The molecule has 2 aromatic heterocycles. The molecule has 0 bridgehead atoms. The Labute approximate surface area is 221 Å². The molecule has 1 aliphatic carbocycles. The van der Waals surface area contributed by atoms with Crippen molar-refractivity contribution >= 4 is 54.1 Å². The van der Waals surface area contributed by atoms with E-state index in [1.54, 1.807) is 13.0 Å². The van der Waals surface area contributed by atoms with Crippen molar-refractivity contribution in [1.29, 1.82) is 0 Å². The van der Waals surface area contributed by atoms with Gasteiger partial charge in [-0.05, 0) is 49.4 Å². The highest BCUT2D eigenvalue weighted by atomic mass is 32.2. The Kier molecular flexibility index (Phi) is 8.36. The number of amides is 1. The van der Waals surface area contributed by atoms with Gasteiger partial charge in [0.1, 0.15) is 22.7 Å². The van der Waals surface area contributed by atoms with Crippen LogP contribution in [0.15, 0.2) is 47.4 Å². The van der Waals surface area contributed by atoms with E-state index in [9.17, 15) is 26.8 Å². The summed E-state index contributed by atoms with van der Waals surface area (Å²) in [7, 11) is -3.45. The third kappa shape index (κ3) is 6.70. The summed E-state index contributed by atoms with van der Waals surface area (Å²) in [6.07, 6.45) is -0.740. The number of anilines is 1. The molecule has 1 amide bonds. The molecule has 38 heavy (non-hydrogen) atoms. The SMILES string of the molecule is CCOC(=O)COc1ccc2nc(NC(=O)/C(=C/C3C[C@@H](F)[C@@H](F)C3)c3ccc(S(C)(=O)=O)cc3)sc2n1. The van der Waals surface area contributed by atoms with Gasteiger partial charge in [0.2, 0.25) is 5.88 Å². The van der Waals surface area contributed by atoms with Gasteiger partial charge in [-0.15, -0.1) is 0 Å². The number of ether oxygens (including phenoxy) is 2. The lowest BCUT2D eigenvalue weighted by molar-refractivity contribution is -0.145. The normalized spacial score (nSPS) is 19.9. The van der Waals surface area contributed by atoms with Crippen LogP contribution < -0.4 is 10.1 Å². The number of hydrogen-bond donors (Lipinski definition) is 1. The van der Waals surface area contributed by atoms with Crippen LogP contribution in [0.1, 0.15) is 25.3 Å². The van der Waals surface area contributed by atoms with E-state index in [0.717, 1.165) is 17.6 Å². The summed E-state index contributed by atoms with van der Waals surface area (Å²) in [5.41, 5.74) is 1.01. The van der Waals surface area contributed by atoms with E-state index in [-0.39, 0.29) is 47.5 Å². The van der Waals surface area contributed by atoms with E-state index in [4.69, 9.17) is 9.47 Å². The van der Waals surface area contributed by atoms with Crippen LogP contribution in [0.4, 0.5) is 13.9 Å². The zero-order chi connectivity index (χ0) is 27.4. The summed E-state index contributed by atoms with van der Waals surface area (Å²) in [5, 5.41) is 2.92. The largest absolute Gasteiger partial charge is 0.466 e. The van der Waals surface area contributed by atoms with Gasteiger partial charge in [-0.2, -0.15) is 0 Å². The molecule has 1 unspecified atom stereocenters. The number of carbonyl (C=O) groups is 2. The Morgan fingerprint density at radius 2 is 1.79 bits per heavy atom. The number of hydrogen-bond acceptors (Lipinski definition) is 9. The first-order chi connectivity index (χ1) is 18.0. The first kappa shape index (κ1) is 27.6. The highest BCUT2D eigenvalue weighted by Gasteiger charge is 2.34. The van der Waals surface area contributed by atoms with E-state index in [2.05, 4.69) is 15.3 Å². The summed E-state index contributed by atoms with van der Waals surface area (Å²) in [4.78, 5) is 34.0. The number of rotatable bonds is 9. The summed E-state index contributed by atoms with van der Waals surface area (Å²) < 4.78 is 61.4. The Morgan fingerprint density at radius 1 is 1.11 bits per heavy atom. The van der Waals surface area contributed by atoms with E-state index in [0.29, 0.717) is 15.9 Å². The molecule has 1 aromatic carbocycles. The molecule has 1 N–H and O–H groups in total. The van der Waals surface area contributed by atoms with Crippen LogP contribution in [0.2, 0.25) is 0 Å². The first-order valence-corrected chi connectivity index (χ1v) is 14.4. The lowest BCUT2D eigenvalue weighted by atomic mass is 9.98. The van der Waals surface area contributed by atoms with E-state index >= 15 is 0 Å². The highest BCUT2D eigenvalue weighted by molar-refractivity contribution is 7.90. The van der Waals surface area contributed by atoms with E-state index in [1.807, 2.05) is 0 Å². The lowest BCUT2D eigenvalue weighted by Gasteiger charge is -2.11. The molecule has 1 saturated carbocycles. The number of alkyl halides is 2. The minimum atomic E-state index is -3.45. The highest BCUT2D eigenvalue weighted by Crippen LogP contribution is 2.34. The van der Waals surface area contributed by atoms with Crippen molar-refractivity contribution in [2.75, 3.05) is 24.8 Å². The van der Waals surface area contributed by atoms with Gasteiger partial charge in [0, 0.05) is 17.9 Å². The third-order valence-electron chi connectivity index (χ3n) is 5.78. The molecule has 13 heteroatoms. The summed E-state index contributed by atoms with van der Waals surface area (Å²) >= 11 is 1.07. The monoisotopic (exact) mass is 565 g/mol. The second-order valence-electron chi connectivity index (χ2n) is 8.68. The smallest absolute Gasteiger partial charge is 0.344 e. The van der Waals surface area contributed by atoms with Crippen LogP contribution in [0.3, 0.4) is 0 Å². The number of nitrogens with zero attached hydrogens (tertiary/aromatic N) is 2. The van der Waals surface area contributed by atoms with Crippen LogP contribution in [-0.4, -0.2) is 62.1 Å². The zero-order valence-electron chi connectivity index (χ0n) is 20.5. The van der Waals surface area contributed by atoms with Crippen molar-refractivity contribution < 1.29 is 36.3 Å². The van der Waals surface area contributed by atoms with Gasteiger partial charge in [0.05, 0.1) is 11.5 Å². The summed E-state index contributed by atoms with van der Waals surface area (Å²) in [6.45, 7) is 1.61. The zero-order valence-corrected chi connectivity index (χ0v) is 22.2. The molecule has 3 atom stereocenters. The van der Waals surface area contributed by atoms with Gasteiger partial charge < -0.3 is 9.47 Å². The predicted octanol–water partition coefficient (Wildman–Crippen LogP) is 4.15. The van der Waals surface area contributed by atoms with Crippen LogP contribution in [0, 0.1) is 5.92 Å². The number of esters is 1. The number of pyridine rings is 1. The Morgan fingerprint density at radius 3 is 2.42 bits per heavy atom.